The molecule has 2 fully saturated rings. The van der Waals surface area contributed by atoms with E-state index in [1.807, 2.05) is 0 Å². The van der Waals surface area contributed by atoms with Gasteiger partial charge in [-0.05, 0) is 78.2 Å². The fourth-order valence-electron chi connectivity index (χ4n) is 4.63. The maximum Gasteiger partial charge on any atom is 0.0412 e. The number of likely N-dealkylation sites (N-methyl/N-ethyl adjacent to an activating group) is 2. The molecule has 2 aliphatic rings. The normalized spacial score (nSPS) is 26.2. The van der Waals surface area contributed by atoms with Gasteiger partial charge in [0.05, 0.1) is 0 Å². The third-order valence-corrected chi connectivity index (χ3v) is 5.98. The number of para-hydroxylation sites is 1. The SMILES string of the molecule is CN(CC1CCCN1C)c1ccccc1C1CCCN1C(C)(C)C. The standard InChI is InChI=1S/C21H35N3/c1-21(2,3)24-15-9-13-20(24)18-11-6-7-12-19(18)23(5)16-17-10-8-14-22(17)4/h6-7,11-12,17,20H,8-10,13-16H2,1-5H3. The van der Waals surface area contributed by atoms with Crippen LogP contribution in [0.25, 0.3) is 0 Å². The van der Waals surface area contributed by atoms with Crippen molar-refractivity contribution in [1.82, 2.24) is 9.80 Å². The van der Waals surface area contributed by atoms with E-state index in [0.29, 0.717) is 12.1 Å². The molecule has 2 atom stereocenters. The van der Waals surface area contributed by atoms with Crippen LogP contribution in [-0.2, 0) is 0 Å². The van der Waals surface area contributed by atoms with E-state index in [1.165, 1.54) is 50.0 Å². The van der Waals surface area contributed by atoms with E-state index in [4.69, 9.17) is 0 Å². The Bertz CT molecular complexity index is 548. The fourth-order valence-corrected chi connectivity index (χ4v) is 4.63. The van der Waals surface area contributed by atoms with Crippen molar-refractivity contribution in [2.45, 2.75) is 64.1 Å². The second kappa shape index (κ2) is 7.05. The molecule has 0 aliphatic carbocycles. The lowest BCUT2D eigenvalue weighted by atomic mass is 9.97. The molecular formula is C21H35N3. The lowest BCUT2D eigenvalue weighted by Gasteiger charge is -2.39. The van der Waals surface area contributed by atoms with E-state index < -0.39 is 0 Å². The van der Waals surface area contributed by atoms with Gasteiger partial charge in [-0.1, -0.05) is 18.2 Å². The largest absolute Gasteiger partial charge is 0.373 e. The summed E-state index contributed by atoms with van der Waals surface area (Å²) < 4.78 is 0. The number of anilines is 1. The average Bonchev–Trinajstić information content (AvgIpc) is 3.16. The lowest BCUT2D eigenvalue weighted by molar-refractivity contribution is 0.122. The van der Waals surface area contributed by atoms with Gasteiger partial charge in [-0.15, -0.1) is 0 Å². The van der Waals surface area contributed by atoms with Gasteiger partial charge in [0.1, 0.15) is 0 Å². The molecular weight excluding hydrogens is 294 g/mol. The van der Waals surface area contributed by atoms with Crippen LogP contribution in [0.4, 0.5) is 5.69 Å². The van der Waals surface area contributed by atoms with Gasteiger partial charge in [-0.25, -0.2) is 0 Å². The summed E-state index contributed by atoms with van der Waals surface area (Å²) in [6.07, 6.45) is 5.27. The Hall–Kier alpha value is -1.06. The highest BCUT2D eigenvalue weighted by molar-refractivity contribution is 5.55. The van der Waals surface area contributed by atoms with Crippen LogP contribution in [0.15, 0.2) is 24.3 Å². The van der Waals surface area contributed by atoms with Gasteiger partial charge in [-0.2, -0.15) is 0 Å². The molecule has 2 heterocycles. The van der Waals surface area contributed by atoms with Crippen molar-refractivity contribution in [3.8, 4) is 0 Å². The lowest BCUT2D eigenvalue weighted by Crippen LogP contribution is -2.41. The molecule has 134 valence electrons. The maximum absolute atomic E-state index is 2.70. The molecule has 3 heteroatoms. The molecule has 0 radical (unpaired) electrons. The summed E-state index contributed by atoms with van der Waals surface area (Å²) in [4.78, 5) is 7.72. The number of hydrogen-bond acceptors (Lipinski definition) is 3. The maximum atomic E-state index is 2.70. The minimum atomic E-state index is 0.235. The molecule has 1 aromatic carbocycles. The quantitative estimate of drug-likeness (QED) is 0.821. The van der Waals surface area contributed by atoms with Crippen LogP contribution in [0.2, 0.25) is 0 Å². The Kier molecular flexibility index (Phi) is 5.22. The van der Waals surface area contributed by atoms with Crippen molar-refractivity contribution >= 4 is 5.69 Å². The highest BCUT2D eigenvalue weighted by Crippen LogP contribution is 2.40. The van der Waals surface area contributed by atoms with E-state index >= 15 is 0 Å². The highest BCUT2D eigenvalue weighted by atomic mass is 15.2. The summed E-state index contributed by atoms with van der Waals surface area (Å²) in [5.41, 5.74) is 3.19. The van der Waals surface area contributed by atoms with Gasteiger partial charge in [0, 0.05) is 36.9 Å². The minimum Gasteiger partial charge on any atom is -0.373 e. The molecule has 0 N–H and O–H groups in total. The van der Waals surface area contributed by atoms with Gasteiger partial charge in [-0.3, -0.25) is 4.90 Å². The monoisotopic (exact) mass is 329 g/mol. The van der Waals surface area contributed by atoms with Crippen LogP contribution in [-0.4, -0.2) is 55.1 Å². The van der Waals surface area contributed by atoms with Gasteiger partial charge in [0.2, 0.25) is 0 Å². The molecule has 0 aromatic heterocycles. The van der Waals surface area contributed by atoms with E-state index in [1.54, 1.807) is 0 Å². The minimum absolute atomic E-state index is 0.235. The summed E-state index contributed by atoms with van der Waals surface area (Å²) in [6, 6.07) is 10.4. The molecule has 2 aliphatic heterocycles. The van der Waals surface area contributed by atoms with Crippen molar-refractivity contribution in [3.63, 3.8) is 0 Å². The average molecular weight is 330 g/mol. The molecule has 24 heavy (non-hydrogen) atoms. The first-order valence-corrected chi connectivity index (χ1v) is 9.65. The Morgan fingerprint density at radius 2 is 1.79 bits per heavy atom. The summed E-state index contributed by atoms with van der Waals surface area (Å²) in [6.45, 7) is 10.7. The van der Waals surface area contributed by atoms with Crippen LogP contribution in [0.5, 0.6) is 0 Å². The molecule has 3 rings (SSSR count). The zero-order valence-electron chi connectivity index (χ0n) is 16.3. The first kappa shape index (κ1) is 17.8. The Morgan fingerprint density at radius 3 is 2.46 bits per heavy atom. The zero-order chi connectivity index (χ0) is 17.3. The second-order valence-corrected chi connectivity index (χ2v) is 8.74. The summed E-state index contributed by atoms with van der Waals surface area (Å²) in [7, 11) is 4.55. The van der Waals surface area contributed by atoms with Crippen molar-refractivity contribution in [3.05, 3.63) is 29.8 Å². The highest BCUT2D eigenvalue weighted by Gasteiger charge is 2.35. The summed E-state index contributed by atoms with van der Waals surface area (Å²) in [5, 5.41) is 0. The van der Waals surface area contributed by atoms with Gasteiger partial charge < -0.3 is 9.80 Å². The van der Waals surface area contributed by atoms with Gasteiger partial charge in [0.25, 0.3) is 0 Å². The molecule has 0 spiro atoms. The van der Waals surface area contributed by atoms with Crippen molar-refractivity contribution in [2.75, 3.05) is 38.6 Å². The van der Waals surface area contributed by atoms with Crippen molar-refractivity contribution < 1.29 is 0 Å². The Morgan fingerprint density at radius 1 is 1.08 bits per heavy atom. The third-order valence-electron chi connectivity index (χ3n) is 5.98. The Labute approximate surface area is 148 Å². The van der Waals surface area contributed by atoms with E-state index in [9.17, 15) is 0 Å². The molecule has 2 unspecified atom stereocenters. The number of rotatable bonds is 4. The van der Waals surface area contributed by atoms with E-state index in [-0.39, 0.29) is 5.54 Å². The fraction of sp³-hybridized carbons (Fsp3) is 0.714. The first-order chi connectivity index (χ1) is 11.4. The topological polar surface area (TPSA) is 9.72 Å². The molecule has 0 saturated carbocycles. The number of benzene rings is 1. The van der Waals surface area contributed by atoms with Crippen LogP contribution in [0.1, 0.15) is 58.1 Å². The molecule has 0 amide bonds. The molecule has 2 saturated heterocycles. The number of nitrogens with zero attached hydrogens (tertiary/aromatic N) is 3. The summed E-state index contributed by atoms with van der Waals surface area (Å²) in [5.74, 6) is 0. The van der Waals surface area contributed by atoms with Crippen LogP contribution in [0.3, 0.4) is 0 Å². The smallest absolute Gasteiger partial charge is 0.0412 e. The van der Waals surface area contributed by atoms with E-state index in [2.05, 4.69) is 73.8 Å². The Balaban J connectivity index is 1.82. The molecule has 1 aromatic rings. The summed E-state index contributed by atoms with van der Waals surface area (Å²) >= 11 is 0. The van der Waals surface area contributed by atoms with Gasteiger partial charge in [0.15, 0.2) is 0 Å². The molecule has 3 nitrogen and oxygen atoms in total. The second-order valence-electron chi connectivity index (χ2n) is 8.74. The zero-order valence-corrected chi connectivity index (χ0v) is 16.3. The number of likely N-dealkylation sites (tertiary alicyclic amines) is 2. The van der Waals surface area contributed by atoms with Crippen molar-refractivity contribution in [2.24, 2.45) is 0 Å². The van der Waals surface area contributed by atoms with Crippen molar-refractivity contribution in [1.29, 1.82) is 0 Å². The number of hydrogen-bond donors (Lipinski definition) is 0. The predicted molar refractivity (Wildman–Crippen MR) is 104 cm³/mol. The predicted octanol–water partition coefficient (Wildman–Crippen LogP) is 4.15. The third kappa shape index (κ3) is 3.62. The van der Waals surface area contributed by atoms with Crippen LogP contribution >= 0.6 is 0 Å². The first-order valence-electron chi connectivity index (χ1n) is 9.65. The van der Waals surface area contributed by atoms with Gasteiger partial charge >= 0.3 is 0 Å². The van der Waals surface area contributed by atoms with Crippen LogP contribution in [0, 0.1) is 0 Å². The molecule has 0 bridgehead atoms. The van der Waals surface area contributed by atoms with Crippen LogP contribution < -0.4 is 4.90 Å². The van der Waals surface area contributed by atoms with E-state index in [0.717, 1.165) is 6.54 Å².